The van der Waals surface area contributed by atoms with E-state index in [1.807, 2.05) is 7.05 Å². The lowest BCUT2D eigenvalue weighted by atomic mass is 10.1. The fraction of sp³-hybridized carbons (Fsp3) is 0.818. The van der Waals surface area contributed by atoms with E-state index < -0.39 is 0 Å². The van der Waals surface area contributed by atoms with Gasteiger partial charge in [-0.3, -0.25) is 0 Å². The van der Waals surface area contributed by atoms with E-state index in [0.29, 0.717) is 5.41 Å². The summed E-state index contributed by atoms with van der Waals surface area (Å²) in [5.74, 6) is 1.65. The molecule has 1 aliphatic rings. The highest BCUT2D eigenvalue weighted by molar-refractivity contribution is 5.17. The first kappa shape index (κ1) is 9.79. The van der Waals surface area contributed by atoms with Crippen molar-refractivity contribution in [2.45, 2.75) is 27.7 Å². The zero-order valence-electron chi connectivity index (χ0n) is 8.94. The molecule has 1 N–H and O–H groups in total. The minimum absolute atomic E-state index is 0.528. The third kappa shape index (κ3) is 1.71. The first-order valence-corrected chi connectivity index (χ1v) is 4.79. The van der Waals surface area contributed by atoms with E-state index in [2.05, 4.69) is 39.1 Å². The van der Waals surface area contributed by atoms with E-state index in [1.54, 1.807) is 0 Å². The first-order chi connectivity index (χ1) is 5.50. The molecule has 0 amide bonds. The molecule has 12 heavy (non-hydrogen) atoms. The minimum Gasteiger partial charge on any atom is -0.319 e. The monoisotopic (exact) mass is 167 g/mol. The SMILES string of the molecule is CNCC1C(C=C(C)C)C1(C)C. The third-order valence-electron chi connectivity index (χ3n) is 3.08. The highest BCUT2D eigenvalue weighted by atomic mass is 14.9. The van der Waals surface area contributed by atoms with Crippen molar-refractivity contribution < 1.29 is 0 Å². The predicted molar refractivity (Wildman–Crippen MR) is 54.1 cm³/mol. The number of hydrogen-bond acceptors (Lipinski definition) is 1. The summed E-state index contributed by atoms with van der Waals surface area (Å²) in [6.45, 7) is 10.2. The van der Waals surface area contributed by atoms with Crippen molar-refractivity contribution in [3.63, 3.8) is 0 Å². The molecule has 0 aliphatic heterocycles. The van der Waals surface area contributed by atoms with Crippen LogP contribution in [-0.4, -0.2) is 13.6 Å². The molecule has 2 atom stereocenters. The maximum Gasteiger partial charge on any atom is -0.00124 e. The Morgan fingerprint density at radius 2 is 2.00 bits per heavy atom. The Morgan fingerprint density at radius 1 is 1.42 bits per heavy atom. The van der Waals surface area contributed by atoms with Crippen LogP contribution < -0.4 is 5.32 Å². The maximum atomic E-state index is 3.26. The van der Waals surface area contributed by atoms with E-state index >= 15 is 0 Å². The highest BCUT2D eigenvalue weighted by Crippen LogP contribution is 2.58. The number of allylic oxidation sites excluding steroid dienone is 2. The summed E-state index contributed by atoms with van der Waals surface area (Å²) in [6, 6.07) is 0. The molecule has 1 heteroatoms. The average Bonchev–Trinajstić information content (AvgIpc) is 2.39. The van der Waals surface area contributed by atoms with Crippen LogP contribution in [0.5, 0.6) is 0 Å². The van der Waals surface area contributed by atoms with Crippen molar-refractivity contribution in [1.29, 1.82) is 0 Å². The number of hydrogen-bond donors (Lipinski definition) is 1. The zero-order chi connectivity index (χ0) is 9.35. The van der Waals surface area contributed by atoms with Gasteiger partial charge < -0.3 is 5.32 Å². The summed E-state index contributed by atoms with van der Waals surface area (Å²) in [6.07, 6.45) is 2.42. The van der Waals surface area contributed by atoms with Gasteiger partial charge in [0.05, 0.1) is 0 Å². The van der Waals surface area contributed by atoms with Gasteiger partial charge in [0, 0.05) is 0 Å². The topological polar surface area (TPSA) is 12.0 Å². The maximum absolute atomic E-state index is 3.26. The Bertz CT molecular complexity index is 187. The van der Waals surface area contributed by atoms with Crippen molar-refractivity contribution in [3.8, 4) is 0 Å². The molecule has 1 nitrogen and oxygen atoms in total. The standard InChI is InChI=1S/C11H21N/c1-8(2)6-9-10(7-12-5)11(9,3)4/h6,9-10,12H,7H2,1-5H3. The largest absolute Gasteiger partial charge is 0.319 e. The van der Waals surface area contributed by atoms with Crippen molar-refractivity contribution in [1.82, 2.24) is 5.32 Å². The summed E-state index contributed by atoms with van der Waals surface area (Å²) < 4.78 is 0. The normalized spacial score (nSPS) is 31.4. The van der Waals surface area contributed by atoms with E-state index in [9.17, 15) is 0 Å². The van der Waals surface area contributed by atoms with E-state index in [4.69, 9.17) is 0 Å². The summed E-state index contributed by atoms with van der Waals surface area (Å²) >= 11 is 0. The molecule has 0 aromatic heterocycles. The molecule has 0 radical (unpaired) electrons. The highest BCUT2D eigenvalue weighted by Gasteiger charge is 2.55. The van der Waals surface area contributed by atoms with Crippen molar-refractivity contribution >= 4 is 0 Å². The van der Waals surface area contributed by atoms with Gasteiger partial charge in [0.2, 0.25) is 0 Å². The molecule has 1 saturated carbocycles. The van der Waals surface area contributed by atoms with Crippen molar-refractivity contribution in [2.24, 2.45) is 17.3 Å². The van der Waals surface area contributed by atoms with Crippen LogP contribution in [0.3, 0.4) is 0 Å². The van der Waals surface area contributed by atoms with Gasteiger partial charge in [-0.25, -0.2) is 0 Å². The Kier molecular flexibility index (Phi) is 2.62. The third-order valence-corrected chi connectivity index (χ3v) is 3.08. The van der Waals surface area contributed by atoms with E-state index in [0.717, 1.165) is 18.4 Å². The van der Waals surface area contributed by atoms with Crippen LogP contribution in [-0.2, 0) is 0 Å². The fourth-order valence-electron chi connectivity index (χ4n) is 2.09. The molecule has 0 spiro atoms. The minimum atomic E-state index is 0.528. The van der Waals surface area contributed by atoms with E-state index in [1.165, 1.54) is 5.57 Å². The van der Waals surface area contributed by atoms with Gasteiger partial charge in [0.25, 0.3) is 0 Å². The molecular formula is C11H21N. The average molecular weight is 167 g/mol. The van der Waals surface area contributed by atoms with Crippen molar-refractivity contribution in [2.75, 3.05) is 13.6 Å². The Balaban J connectivity index is 2.54. The first-order valence-electron chi connectivity index (χ1n) is 4.79. The van der Waals surface area contributed by atoms with E-state index in [-0.39, 0.29) is 0 Å². The molecule has 70 valence electrons. The Labute approximate surface area is 76.2 Å². The second-order valence-electron chi connectivity index (χ2n) is 4.76. The number of nitrogens with one attached hydrogen (secondary N) is 1. The molecule has 0 bridgehead atoms. The quantitative estimate of drug-likeness (QED) is 0.637. The second-order valence-corrected chi connectivity index (χ2v) is 4.76. The molecule has 0 aromatic rings. The van der Waals surface area contributed by atoms with Crippen LogP contribution in [0.25, 0.3) is 0 Å². The van der Waals surface area contributed by atoms with Crippen LogP contribution in [0.4, 0.5) is 0 Å². The van der Waals surface area contributed by atoms with Gasteiger partial charge in [0.15, 0.2) is 0 Å². The Morgan fingerprint density at radius 3 is 2.42 bits per heavy atom. The lowest BCUT2D eigenvalue weighted by molar-refractivity contribution is 0.535. The second kappa shape index (κ2) is 3.21. The molecule has 0 aromatic carbocycles. The van der Waals surface area contributed by atoms with Gasteiger partial charge in [-0.15, -0.1) is 0 Å². The van der Waals surface area contributed by atoms with Gasteiger partial charge in [0.1, 0.15) is 0 Å². The fourth-order valence-corrected chi connectivity index (χ4v) is 2.09. The smallest absolute Gasteiger partial charge is 0.00124 e. The van der Waals surface area contributed by atoms with Crippen LogP contribution in [0, 0.1) is 17.3 Å². The summed E-state index contributed by atoms with van der Waals surface area (Å²) in [7, 11) is 2.04. The van der Waals surface area contributed by atoms with Gasteiger partial charge >= 0.3 is 0 Å². The van der Waals surface area contributed by atoms with Crippen LogP contribution in [0.15, 0.2) is 11.6 Å². The lowest BCUT2D eigenvalue weighted by Gasteiger charge is -1.99. The summed E-state index contributed by atoms with van der Waals surface area (Å²) in [5.41, 5.74) is 1.98. The molecule has 2 unspecified atom stereocenters. The zero-order valence-corrected chi connectivity index (χ0v) is 8.94. The molecule has 0 saturated heterocycles. The van der Waals surface area contributed by atoms with Crippen LogP contribution >= 0.6 is 0 Å². The Hall–Kier alpha value is -0.300. The molecule has 1 aliphatic carbocycles. The van der Waals surface area contributed by atoms with Gasteiger partial charge in [-0.05, 0) is 44.7 Å². The molecule has 1 rings (SSSR count). The van der Waals surface area contributed by atoms with Crippen molar-refractivity contribution in [3.05, 3.63) is 11.6 Å². The lowest BCUT2D eigenvalue weighted by Crippen LogP contribution is -2.12. The molecular weight excluding hydrogens is 146 g/mol. The van der Waals surface area contributed by atoms with Crippen LogP contribution in [0.1, 0.15) is 27.7 Å². The number of rotatable bonds is 3. The van der Waals surface area contributed by atoms with Gasteiger partial charge in [-0.2, -0.15) is 0 Å². The van der Waals surface area contributed by atoms with Gasteiger partial charge in [-0.1, -0.05) is 25.5 Å². The predicted octanol–water partition coefficient (Wildman–Crippen LogP) is 2.44. The molecule has 1 fully saturated rings. The summed E-state index contributed by atoms with van der Waals surface area (Å²) in [4.78, 5) is 0. The summed E-state index contributed by atoms with van der Waals surface area (Å²) in [5, 5.41) is 3.26. The molecule has 0 heterocycles. The van der Waals surface area contributed by atoms with Crippen LogP contribution in [0.2, 0.25) is 0 Å².